The molecule has 1 aliphatic heterocycles. The van der Waals surface area contributed by atoms with Crippen LogP contribution < -0.4 is 0 Å². The average Bonchev–Trinajstić information content (AvgIpc) is 2.95. The molecule has 0 aliphatic carbocycles. The molecule has 1 aliphatic rings. The first kappa shape index (κ1) is 8.94. The van der Waals surface area contributed by atoms with Gasteiger partial charge in [-0.1, -0.05) is 30.3 Å². The molecule has 1 aromatic carbocycles. The van der Waals surface area contributed by atoms with Crippen LogP contribution in [0.5, 0.6) is 0 Å². The summed E-state index contributed by atoms with van der Waals surface area (Å²) in [4.78, 5) is 14.8. The highest BCUT2D eigenvalue weighted by Crippen LogP contribution is 2.19. The minimum absolute atomic E-state index is 0.0845. The van der Waals surface area contributed by atoms with Crippen molar-refractivity contribution in [1.29, 1.82) is 0 Å². The van der Waals surface area contributed by atoms with Gasteiger partial charge in [-0.2, -0.15) is 0 Å². The van der Waals surface area contributed by atoms with Crippen molar-refractivity contribution < 1.29 is 9.53 Å². The van der Waals surface area contributed by atoms with Crippen LogP contribution in [0.4, 0.5) is 0 Å². The Kier molecular flexibility index (Phi) is 2.31. The molecule has 0 saturated heterocycles. The third-order valence-electron chi connectivity index (χ3n) is 2.06. The van der Waals surface area contributed by atoms with Crippen molar-refractivity contribution in [2.45, 2.75) is 13.0 Å². The molecule has 1 unspecified atom stereocenters. The van der Waals surface area contributed by atoms with Gasteiger partial charge in [-0.15, -0.1) is 0 Å². The largest absolute Gasteiger partial charge is 0.463 e. The second-order valence-corrected chi connectivity index (χ2v) is 3.20. The number of hydrogen-bond acceptors (Lipinski definition) is 3. The van der Waals surface area contributed by atoms with Gasteiger partial charge in [0.2, 0.25) is 0 Å². The number of nitrogens with zero attached hydrogens (tertiary/aromatic N) is 1. The maximum Gasteiger partial charge on any atom is 0.302 e. The Morgan fingerprint density at radius 3 is 2.79 bits per heavy atom. The van der Waals surface area contributed by atoms with Crippen LogP contribution in [0.15, 0.2) is 35.3 Å². The highest BCUT2D eigenvalue weighted by molar-refractivity contribution is 6.13. The molecule has 0 aromatic heterocycles. The van der Waals surface area contributed by atoms with Crippen LogP contribution in [-0.2, 0) is 9.53 Å². The Morgan fingerprint density at radius 2 is 2.14 bits per heavy atom. The minimum Gasteiger partial charge on any atom is -0.463 e. The molecule has 2 rings (SSSR count). The lowest BCUT2D eigenvalue weighted by Gasteiger charge is -1.98. The SMILES string of the molecule is CC(=O)OCC1N=C1c1ccccc1. The molecule has 1 atom stereocenters. The molecule has 3 heteroatoms. The van der Waals surface area contributed by atoms with Gasteiger partial charge in [0.1, 0.15) is 12.6 Å². The van der Waals surface area contributed by atoms with Gasteiger partial charge in [0.05, 0.1) is 5.71 Å². The predicted molar refractivity (Wildman–Crippen MR) is 53.4 cm³/mol. The molecule has 0 radical (unpaired) electrons. The fourth-order valence-corrected chi connectivity index (χ4v) is 1.32. The molecule has 0 fully saturated rings. The predicted octanol–water partition coefficient (Wildman–Crippen LogP) is 1.42. The van der Waals surface area contributed by atoms with Gasteiger partial charge in [0.25, 0.3) is 0 Å². The minimum atomic E-state index is -0.250. The Balaban J connectivity index is 1.87. The van der Waals surface area contributed by atoms with Crippen molar-refractivity contribution in [3.8, 4) is 0 Å². The summed E-state index contributed by atoms with van der Waals surface area (Å²) in [6.45, 7) is 1.78. The molecule has 14 heavy (non-hydrogen) atoms. The van der Waals surface area contributed by atoms with E-state index in [2.05, 4.69) is 4.99 Å². The van der Waals surface area contributed by atoms with Crippen LogP contribution in [0.25, 0.3) is 0 Å². The summed E-state index contributed by atoms with van der Waals surface area (Å²) in [5.74, 6) is -0.250. The number of esters is 1. The van der Waals surface area contributed by atoms with E-state index in [0.29, 0.717) is 6.61 Å². The van der Waals surface area contributed by atoms with E-state index in [1.807, 2.05) is 30.3 Å². The first-order valence-electron chi connectivity index (χ1n) is 4.54. The monoisotopic (exact) mass is 189 g/mol. The van der Waals surface area contributed by atoms with E-state index in [1.165, 1.54) is 6.92 Å². The zero-order valence-corrected chi connectivity index (χ0v) is 7.93. The molecule has 1 heterocycles. The van der Waals surface area contributed by atoms with Gasteiger partial charge in [-0.05, 0) is 5.56 Å². The van der Waals surface area contributed by atoms with Crippen molar-refractivity contribution >= 4 is 11.7 Å². The molecule has 0 saturated carbocycles. The third kappa shape index (κ3) is 1.99. The Hall–Kier alpha value is -1.64. The van der Waals surface area contributed by atoms with E-state index >= 15 is 0 Å². The summed E-state index contributed by atoms with van der Waals surface area (Å²) in [5.41, 5.74) is 2.15. The number of aliphatic imine (C=N–C) groups is 1. The van der Waals surface area contributed by atoms with E-state index in [9.17, 15) is 4.79 Å². The zero-order valence-electron chi connectivity index (χ0n) is 7.93. The highest BCUT2D eigenvalue weighted by Gasteiger charge is 2.29. The quantitative estimate of drug-likeness (QED) is 0.674. The van der Waals surface area contributed by atoms with Crippen LogP contribution >= 0.6 is 0 Å². The summed E-state index contributed by atoms with van der Waals surface area (Å²) < 4.78 is 4.86. The normalized spacial score (nSPS) is 18.6. The standard InChI is InChI=1S/C11H11NO2/c1-8(13)14-7-10-11(12-10)9-5-3-2-4-6-9/h2-6,10H,7H2,1H3. The van der Waals surface area contributed by atoms with Gasteiger partial charge >= 0.3 is 5.97 Å². The van der Waals surface area contributed by atoms with Gasteiger partial charge in [0.15, 0.2) is 0 Å². The third-order valence-corrected chi connectivity index (χ3v) is 2.06. The van der Waals surface area contributed by atoms with Crippen LogP contribution in [0.1, 0.15) is 12.5 Å². The lowest BCUT2D eigenvalue weighted by atomic mass is 10.1. The van der Waals surface area contributed by atoms with Crippen LogP contribution in [-0.4, -0.2) is 24.3 Å². The Labute approximate surface area is 82.4 Å². The van der Waals surface area contributed by atoms with Crippen LogP contribution in [0, 0.1) is 0 Å². The van der Waals surface area contributed by atoms with Crippen LogP contribution in [0.3, 0.4) is 0 Å². The van der Waals surface area contributed by atoms with Gasteiger partial charge in [-0.3, -0.25) is 9.79 Å². The summed E-state index contributed by atoms with van der Waals surface area (Å²) >= 11 is 0. The summed E-state index contributed by atoms with van der Waals surface area (Å²) in [5, 5.41) is 0. The summed E-state index contributed by atoms with van der Waals surface area (Å²) in [6.07, 6.45) is 0. The van der Waals surface area contributed by atoms with Crippen molar-refractivity contribution in [3.63, 3.8) is 0 Å². The zero-order chi connectivity index (χ0) is 9.97. The lowest BCUT2D eigenvalue weighted by molar-refractivity contribution is -0.140. The van der Waals surface area contributed by atoms with E-state index in [-0.39, 0.29) is 12.0 Å². The second-order valence-electron chi connectivity index (χ2n) is 3.20. The van der Waals surface area contributed by atoms with E-state index < -0.39 is 0 Å². The number of carbonyl (C=O) groups is 1. The number of benzene rings is 1. The molecule has 0 spiro atoms. The number of rotatable bonds is 3. The van der Waals surface area contributed by atoms with Gasteiger partial charge in [0, 0.05) is 6.92 Å². The first-order valence-corrected chi connectivity index (χ1v) is 4.54. The number of ether oxygens (including phenoxy) is 1. The molecular weight excluding hydrogens is 178 g/mol. The maximum atomic E-state index is 10.5. The lowest BCUT2D eigenvalue weighted by Crippen LogP contribution is -2.11. The fourth-order valence-electron chi connectivity index (χ4n) is 1.32. The Morgan fingerprint density at radius 1 is 1.43 bits per heavy atom. The summed E-state index contributed by atoms with van der Waals surface area (Å²) in [7, 11) is 0. The fraction of sp³-hybridized carbons (Fsp3) is 0.273. The smallest absolute Gasteiger partial charge is 0.302 e. The molecule has 0 amide bonds. The van der Waals surface area contributed by atoms with Crippen molar-refractivity contribution in [2.75, 3.05) is 6.61 Å². The first-order chi connectivity index (χ1) is 6.77. The van der Waals surface area contributed by atoms with E-state index in [0.717, 1.165) is 11.3 Å². The van der Waals surface area contributed by atoms with Crippen molar-refractivity contribution in [1.82, 2.24) is 0 Å². The molecule has 72 valence electrons. The highest BCUT2D eigenvalue weighted by atomic mass is 16.5. The topological polar surface area (TPSA) is 38.7 Å². The van der Waals surface area contributed by atoms with E-state index in [4.69, 9.17) is 4.74 Å². The molecular formula is C11H11NO2. The number of hydrogen-bond donors (Lipinski definition) is 0. The molecule has 3 nitrogen and oxygen atoms in total. The maximum absolute atomic E-state index is 10.5. The van der Waals surface area contributed by atoms with E-state index in [1.54, 1.807) is 0 Å². The second kappa shape index (κ2) is 3.62. The van der Waals surface area contributed by atoms with Gasteiger partial charge in [-0.25, -0.2) is 0 Å². The molecule has 0 bridgehead atoms. The summed E-state index contributed by atoms with van der Waals surface area (Å²) in [6, 6.07) is 10.0. The Bertz CT molecular complexity index is 370. The van der Waals surface area contributed by atoms with Gasteiger partial charge < -0.3 is 4.74 Å². The van der Waals surface area contributed by atoms with Crippen molar-refractivity contribution in [2.24, 2.45) is 4.99 Å². The molecule has 0 N–H and O–H groups in total. The average molecular weight is 189 g/mol. The number of carbonyl (C=O) groups excluding carboxylic acids is 1. The van der Waals surface area contributed by atoms with Crippen molar-refractivity contribution in [3.05, 3.63) is 35.9 Å². The van der Waals surface area contributed by atoms with Crippen LogP contribution in [0.2, 0.25) is 0 Å². The molecule has 1 aromatic rings.